The Balaban J connectivity index is 2.50. The number of carbonyl (C=O) groups is 2. The molecule has 1 aliphatic rings. The lowest BCUT2D eigenvalue weighted by Crippen LogP contribution is -2.47. The fourth-order valence-corrected chi connectivity index (χ4v) is 2.44. The number of amides is 2. The second kappa shape index (κ2) is 6.39. The van der Waals surface area contributed by atoms with Gasteiger partial charge < -0.3 is 10.1 Å². The molecule has 0 radical (unpaired) electrons. The molecule has 2 amide bonds. The molecule has 0 bridgehead atoms. The van der Waals surface area contributed by atoms with E-state index in [1.165, 1.54) is 4.90 Å². The lowest BCUT2D eigenvalue weighted by molar-refractivity contribution is -0.139. The Kier molecular flexibility index (Phi) is 4.57. The molecule has 1 unspecified atom stereocenters. The third-order valence-corrected chi connectivity index (χ3v) is 3.45. The molecule has 1 aliphatic heterocycles. The van der Waals surface area contributed by atoms with E-state index in [2.05, 4.69) is 10.3 Å². The van der Waals surface area contributed by atoms with Crippen LogP contribution in [0.1, 0.15) is 32.4 Å². The lowest BCUT2D eigenvalue weighted by Gasteiger charge is -2.34. The Morgan fingerprint density at radius 1 is 1.38 bits per heavy atom. The standard InChI is InChI=1S/C15H19N3O3/c1-4-18-10(3)12(14(19)21-5-2)13(17-15(18)20)11-6-8-16-9-7-11/h6-9,13H,4-5H2,1-3H3,(H,17,20). The molecule has 6 heteroatoms. The quantitative estimate of drug-likeness (QED) is 0.861. The minimum Gasteiger partial charge on any atom is -0.463 e. The number of pyridine rings is 1. The first-order valence-corrected chi connectivity index (χ1v) is 6.96. The number of hydrogen-bond donors (Lipinski definition) is 1. The van der Waals surface area contributed by atoms with Crippen molar-refractivity contribution in [2.45, 2.75) is 26.8 Å². The number of urea groups is 1. The van der Waals surface area contributed by atoms with Crippen molar-refractivity contribution in [1.29, 1.82) is 0 Å². The fraction of sp³-hybridized carbons (Fsp3) is 0.400. The molecule has 112 valence electrons. The summed E-state index contributed by atoms with van der Waals surface area (Å²) in [6.45, 7) is 6.16. The molecule has 0 aromatic carbocycles. The number of carbonyl (C=O) groups excluding carboxylic acids is 2. The molecule has 0 saturated carbocycles. The van der Waals surface area contributed by atoms with Crippen molar-refractivity contribution in [3.63, 3.8) is 0 Å². The molecule has 2 rings (SSSR count). The van der Waals surface area contributed by atoms with Crippen LogP contribution >= 0.6 is 0 Å². The van der Waals surface area contributed by atoms with Gasteiger partial charge in [0.05, 0.1) is 18.2 Å². The van der Waals surface area contributed by atoms with Crippen LogP contribution in [0, 0.1) is 0 Å². The van der Waals surface area contributed by atoms with E-state index in [4.69, 9.17) is 4.74 Å². The van der Waals surface area contributed by atoms with E-state index in [-0.39, 0.29) is 6.03 Å². The van der Waals surface area contributed by atoms with Crippen LogP contribution in [0.3, 0.4) is 0 Å². The first-order chi connectivity index (χ1) is 10.1. The predicted molar refractivity (Wildman–Crippen MR) is 77.2 cm³/mol. The van der Waals surface area contributed by atoms with Crippen molar-refractivity contribution < 1.29 is 14.3 Å². The van der Waals surface area contributed by atoms with E-state index >= 15 is 0 Å². The second-order valence-corrected chi connectivity index (χ2v) is 4.63. The van der Waals surface area contributed by atoms with Crippen LogP contribution in [0.2, 0.25) is 0 Å². The summed E-state index contributed by atoms with van der Waals surface area (Å²) in [5, 5.41) is 2.85. The summed E-state index contributed by atoms with van der Waals surface area (Å²) < 4.78 is 5.14. The summed E-state index contributed by atoms with van der Waals surface area (Å²) in [5.74, 6) is -0.407. The minimum absolute atomic E-state index is 0.218. The number of nitrogens with one attached hydrogen (secondary N) is 1. The smallest absolute Gasteiger partial charge is 0.338 e. The number of aromatic nitrogens is 1. The van der Waals surface area contributed by atoms with E-state index in [9.17, 15) is 9.59 Å². The highest BCUT2D eigenvalue weighted by atomic mass is 16.5. The molecule has 0 spiro atoms. The molecule has 21 heavy (non-hydrogen) atoms. The van der Waals surface area contributed by atoms with Gasteiger partial charge in [-0.3, -0.25) is 9.88 Å². The van der Waals surface area contributed by atoms with Crippen molar-refractivity contribution >= 4 is 12.0 Å². The van der Waals surface area contributed by atoms with Gasteiger partial charge in [0, 0.05) is 24.6 Å². The van der Waals surface area contributed by atoms with Crippen molar-refractivity contribution in [2.24, 2.45) is 0 Å². The van der Waals surface area contributed by atoms with Crippen LogP contribution in [-0.2, 0) is 9.53 Å². The minimum atomic E-state index is -0.512. The molecule has 1 atom stereocenters. The first-order valence-electron chi connectivity index (χ1n) is 6.96. The Labute approximate surface area is 123 Å². The van der Waals surface area contributed by atoms with Gasteiger partial charge in [-0.25, -0.2) is 9.59 Å². The van der Waals surface area contributed by atoms with Gasteiger partial charge >= 0.3 is 12.0 Å². The molecule has 0 aliphatic carbocycles. The Bertz CT molecular complexity index is 569. The maximum atomic E-state index is 12.3. The maximum Gasteiger partial charge on any atom is 0.338 e. The Morgan fingerprint density at radius 3 is 2.62 bits per heavy atom. The normalized spacial score (nSPS) is 18.5. The summed E-state index contributed by atoms with van der Waals surface area (Å²) >= 11 is 0. The maximum absolute atomic E-state index is 12.3. The molecule has 1 N–H and O–H groups in total. The highest BCUT2D eigenvalue weighted by molar-refractivity contribution is 5.95. The summed E-state index contributed by atoms with van der Waals surface area (Å²) in [5.41, 5.74) is 1.89. The fourth-order valence-electron chi connectivity index (χ4n) is 2.44. The van der Waals surface area contributed by atoms with Crippen LogP contribution in [0.4, 0.5) is 4.79 Å². The zero-order chi connectivity index (χ0) is 15.4. The largest absolute Gasteiger partial charge is 0.463 e. The number of hydrogen-bond acceptors (Lipinski definition) is 4. The van der Waals surface area contributed by atoms with E-state index < -0.39 is 12.0 Å². The molecular formula is C15H19N3O3. The van der Waals surface area contributed by atoms with E-state index in [0.717, 1.165) is 5.56 Å². The van der Waals surface area contributed by atoms with Crippen LogP contribution in [0.25, 0.3) is 0 Å². The van der Waals surface area contributed by atoms with Crippen molar-refractivity contribution in [3.05, 3.63) is 41.4 Å². The highest BCUT2D eigenvalue weighted by Crippen LogP contribution is 2.30. The second-order valence-electron chi connectivity index (χ2n) is 4.63. The Morgan fingerprint density at radius 2 is 2.05 bits per heavy atom. The predicted octanol–water partition coefficient (Wildman–Crippen LogP) is 2.00. The molecule has 0 saturated heterocycles. The zero-order valence-corrected chi connectivity index (χ0v) is 12.4. The van der Waals surface area contributed by atoms with Crippen LogP contribution in [0.15, 0.2) is 35.8 Å². The first kappa shape index (κ1) is 15.0. The van der Waals surface area contributed by atoms with Crippen LogP contribution in [-0.4, -0.2) is 35.0 Å². The molecule has 2 heterocycles. The number of ether oxygens (including phenoxy) is 1. The van der Waals surface area contributed by atoms with Gasteiger partial charge in [-0.1, -0.05) is 0 Å². The van der Waals surface area contributed by atoms with E-state index in [1.807, 2.05) is 6.92 Å². The summed E-state index contributed by atoms with van der Waals surface area (Å²) in [6, 6.07) is 2.82. The number of rotatable bonds is 4. The summed E-state index contributed by atoms with van der Waals surface area (Å²) in [6.07, 6.45) is 3.26. The topological polar surface area (TPSA) is 71.5 Å². The highest BCUT2D eigenvalue weighted by Gasteiger charge is 2.35. The molecule has 0 fully saturated rings. The lowest BCUT2D eigenvalue weighted by atomic mass is 9.95. The van der Waals surface area contributed by atoms with Gasteiger partial charge in [-0.15, -0.1) is 0 Å². The molecule has 1 aromatic heterocycles. The van der Waals surface area contributed by atoms with Gasteiger partial charge in [0.1, 0.15) is 0 Å². The average molecular weight is 289 g/mol. The number of nitrogens with zero attached hydrogens (tertiary/aromatic N) is 2. The van der Waals surface area contributed by atoms with Gasteiger partial charge in [-0.05, 0) is 38.5 Å². The van der Waals surface area contributed by atoms with Gasteiger partial charge in [-0.2, -0.15) is 0 Å². The van der Waals surface area contributed by atoms with Gasteiger partial charge in [0.15, 0.2) is 0 Å². The van der Waals surface area contributed by atoms with Crippen LogP contribution in [0.5, 0.6) is 0 Å². The van der Waals surface area contributed by atoms with Gasteiger partial charge in [0.25, 0.3) is 0 Å². The number of allylic oxidation sites excluding steroid dienone is 1. The average Bonchev–Trinajstić information content (AvgIpc) is 2.48. The van der Waals surface area contributed by atoms with E-state index in [1.54, 1.807) is 38.4 Å². The SMILES string of the molecule is CCOC(=O)C1=C(C)N(CC)C(=O)NC1c1ccncc1. The number of esters is 1. The van der Waals surface area contributed by atoms with Gasteiger partial charge in [0.2, 0.25) is 0 Å². The zero-order valence-electron chi connectivity index (χ0n) is 12.4. The van der Waals surface area contributed by atoms with Crippen molar-refractivity contribution in [1.82, 2.24) is 15.2 Å². The molecular weight excluding hydrogens is 270 g/mol. The summed E-state index contributed by atoms with van der Waals surface area (Å²) in [7, 11) is 0. The van der Waals surface area contributed by atoms with Crippen molar-refractivity contribution in [3.8, 4) is 0 Å². The monoisotopic (exact) mass is 289 g/mol. The third-order valence-electron chi connectivity index (χ3n) is 3.45. The molecule has 6 nitrogen and oxygen atoms in total. The van der Waals surface area contributed by atoms with E-state index in [0.29, 0.717) is 24.4 Å². The van der Waals surface area contributed by atoms with Crippen molar-refractivity contribution in [2.75, 3.05) is 13.2 Å². The van der Waals surface area contributed by atoms with Crippen LogP contribution < -0.4 is 5.32 Å². The third kappa shape index (κ3) is 2.89. The molecule has 1 aromatic rings. The summed E-state index contributed by atoms with van der Waals surface area (Å²) in [4.78, 5) is 29.9. The Hall–Kier alpha value is -2.37.